The smallest absolute Gasteiger partial charge is 0.328 e. The second kappa shape index (κ2) is 8.56. The van der Waals surface area contributed by atoms with Crippen LogP contribution in [0.3, 0.4) is 0 Å². The van der Waals surface area contributed by atoms with Crippen LogP contribution < -0.4 is 15.7 Å². The molecule has 6 nitrogen and oxygen atoms in total. The number of nitrogens with zero attached hydrogens (tertiary/aromatic N) is 2. The van der Waals surface area contributed by atoms with Gasteiger partial charge in [0.25, 0.3) is 5.91 Å². The Morgan fingerprint density at radius 1 is 1.14 bits per heavy atom. The molecule has 0 saturated carbocycles. The van der Waals surface area contributed by atoms with E-state index in [1.54, 1.807) is 60.3 Å². The molecule has 0 unspecified atom stereocenters. The molecule has 0 aliphatic rings. The zero-order valence-electron chi connectivity index (χ0n) is 16.6. The van der Waals surface area contributed by atoms with E-state index >= 15 is 0 Å². The number of benzene rings is 2. The molecular weight excluding hydrogens is 374 g/mol. The molecule has 3 aromatic rings. The van der Waals surface area contributed by atoms with Crippen molar-refractivity contribution in [1.29, 1.82) is 0 Å². The van der Waals surface area contributed by atoms with Crippen molar-refractivity contribution in [1.82, 2.24) is 9.13 Å². The maximum atomic E-state index is 12.9. The van der Waals surface area contributed by atoms with Crippen LogP contribution in [0.2, 0.25) is 0 Å². The van der Waals surface area contributed by atoms with E-state index in [0.717, 1.165) is 34.5 Å². The first-order valence-electron chi connectivity index (χ1n) is 9.24. The lowest BCUT2D eigenvalue weighted by Crippen LogP contribution is -2.19. The van der Waals surface area contributed by atoms with Gasteiger partial charge >= 0.3 is 5.69 Å². The van der Waals surface area contributed by atoms with Crippen molar-refractivity contribution >= 4 is 34.4 Å². The van der Waals surface area contributed by atoms with E-state index < -0.39 is 0 Å². The monoisotopic (exact) mass is 399 g/mol. The number of carbonyl (C=O) groups excluding carboxylic acids is 1. The van der Waals surface area contributed by atoms with Gasteiger partial charge in [0.1, 0.15) is 5.75 Å². The molecule has 0 radical (unpaired) electrons. The van der Waals surface area contributed by atoms with Gasteiger partial charge in [-0.2, -0.15) is 0 Å². The number of imidazole rings is 1. The van der Waals surface area contributed by atoms with E-state index in [4.69, 9.17) is 4.74 Å². The van der Waals surface area contributed by atoms with Crippen LogP contribution in [0.5, 0.6) is 5.75 Å². The summed E-state index contributed by atoms with van der Waals surface area (Å²) in [5.41, 5.74) is 2.71. The molecular formula is C21H25N3O3S. The lowest BCUT2D eigenvalue weighted by Gasteiger charge is -2.13. The van der Waals surface area contributed by atoms with Gasteiger partial charge < -0.3 is 10.1 Å². The van der Waals surface area contributed by atoms with Crippen LogP contribution >= 0.6 is 11.8 Å². The number of aromatic nitrogens is 2. The fraction of sp³-hybridized carbons (Fsp3) is 0.333. The summed E-state index contributed by atoms with van der Waals surface area (Å²) in [4.78, 5) is 26.2. The van der Waals surface area contributed by atoms with Crippen LogP contribution in [0, 0.1) is 0 Å². The molecule has 3 rings (SSSR count). The number of hydrogen-bond acceptors (Lipinski definition) is 4. The van der Waals surface area contributed by atoms with Crippen molar-refractivity contribution in [2.45, 2.75) is 24.7 Å². The summed E-state index contributed by atoms with van der Waals surface area (Å²) < 4.78 is 8.53. The summed E-state index contributed by atoms with van der Waals surface area (Å²) in [5, 5.41) is 3.01. The van der Waals surface area contributed by atoms with Gasteiger partial charge in [0.2, 0.25) is 0 Å². The first kappa shape index (κ1) is 20.1. The Bertz CT molecular complexity index is 1070. The lowest BCUT2D eigenvalue weighted by atomic mass is 10.1. The first-order chi connectivity index (χ1) is 13.5. The molecule has 0 aliphatic carbocycles. The van der Waals surface area contributed by atoms with E-state index in [9.17, 15) is 9.59 Å². The van der Waals surface area contributed by atoms with Gasteiger partial charge in [0.15, 0.2) is 0 Å². The third kappa shape index (κ3) is 3.80. The molecule has 1 aromatic heterocycles. The van der Waals surface area contributed by atoms with Gasteiger partial charge in [0.05, 0.1) is 29.4 Å². The molecule has 0 fully saturated rings. The van der Waals surface area contributed by atoms with Crippen LogP contribution in [0.4, 0.5) is 5.69 Å². The number of fused-ring (bicyclic) bond motifs is 1. The van der Waals surface area contributed by atoms with E-state index in [-0.39, 0.29) is 11.6 Å². The number of ether oxygens (including phenoxy) is 1. The molecule has 0 saturated heterocycles. The predicted molar refractivity (Wildman–Crippen MR) is 115 cm³/mol. The Kier molecular flexibility index (Phi) is 6.14. The summed E-state index contributed by atoms with van der Waals surface area (Å²) in [5.74, 6) is 1.23. The summed E-state index contributed by atoms with van der Waals surface area (Å²) in [6.07, 6.45) is 2.18. The third-order valence-electron chi connectivity index (χ3n) is 4.73. The molecule has 1 amide bonds. The van der Waals surface area contributed by atoms with Crippen LogP contribution in [0.25, 0.3) is 11.0 Å². The number of anilines is 1. The largest absolute Gasteiger partial charge is 0.496 e. The molecule has 148 valence electrons. The van der Waals surface area contributed by atoms with Gasteiger partial charge in [-0.3, -0.25) is 13.9 Å². The number of methoxy groups -OCH3 is 1. The third-order valence-corrected chi connectivity index (χ3v) is 5.87. The highest BCUT2D eigenvalue weighted by atomic mass is 32.2. The zero-order valence-corrected chi connectivity index (χ0v) is 17.4. The Hall–Kier alpha value is -2.67. The van der Waals surface area contributed by atoms with E-state index in [2.05, 4.69) is 12.2 Å². The quantitative estimate of drug-likeness (QED) is 0.481. The fourth-order valence-electron chi connectivity index (χ4n) is 3.09. The maximum Gasteiger partial charge on any atom is 0.328 e. The SMILES string of the molecule is CCCCSc1cc2c(cc1NC(=O)c1ccccc1OC)n(C)c(=O)n2C. The van der Waals surface area contributed by atoms with Gasteiger partial charge in [-0.1, -0.05) is 25.5 Å². The van der Waals surface area contributed by atoms with Gasteiger partial charge in [0, 0.05) is 19.0 Å². The van der Waals surface area contributed by atoms with E-state index in [0.29, 0.717) is 17.0 Å². The summed E-state index contributed by atoms with van der Waals surface area (Å²) >= 11 is 1.69. The zero-order chi connectivity index (χ0) is 20.3. The number of aryl methyl sites for hydroxylation is 2. The number of hydrogen-bond donors (Lipinski definition) is 1. The lowest BCUT2D eigenvalue weighted by molar-refractivity contribution is 0.102. The first-order valence-corrected chi connectivity index (χ1v) is 10.2. The second-order valence-corrected chi connectivity index (χ2v) is 7.73. The average molecular weight is 400 g/mol. The molecule has 0 bridgehead atoms. The number of thioether (sulfide) groups is 1. The van der Waals surface area contributed by atoms with Gasteiger partial charge in [-0.25, -0.2) is 4.79 Å². The number of unbranched alkanes of at least 4 members (excludes halogenated alkanes) is 1. The summed E-state index contributed by atoms with van der Waals surface area (Å²) in [6.45, 7) is 2.15. The van der Waals surface area contributed by atoms with E-state index in [1.165, 1.54) is 0 Å². The maximum absolute atomic E-state index is 12.9. The minimum Gasteiger partial charge on any atom is -0.496 e. The highest BCUT2D eigenvalue weighted by Gasteiger charge is 2.17. The van der Waals surface area contributed by atoms with Gasteiger partial charge in [-0.15, -0.1) is 11.8 Å². The van der Waals surface area contributed by atoms with Crippen molar-refractivity contribution in [3.05, 3.63) is 52.4 Å². The van der Waals surface area contributed by atoms with Crippen molar-refractivity contribution in [2.75, 3.05) is 18.2 Å². The number of carbonyl (C=O) groups is 1. The van der Waals surface area contributed by atoms with Crippen molar-refractivity contribution in [3.63, 3.8) is 0 Å². The molecule has 7 heteroatoms. The second-order valence-electron chi connectivity index (χ2n) is 6.59. The fourth-order valence-corrected chi connectivity index (χ4v) is 4.20. The van der Waals surface area contributed by atoms with Gasteiger partial charge in [-0.05, 0) is 36.4 Å². The number of para-hydroxylation sites is 1. The Morgan fingerprint density at radius 2 is 1.82 bits per heavy atom. The van der Waals surface area contributed by atoms with Crippen LogP contribution in [-0.2, 0) is 14.1 Å². The molecule has 28 heavy (non-hydrogen) atoms. The van der Waals surface area contributed by atoms with Crippen molar-refractivity contribution in [2.24, 2.45) is 14.1 Å². The summed E-state index contributed by atoms with van der Waals surface area (Å²) in [7, 11) is 5.04. The highest BCUT2D eigenvalue weighted by molar-refractivity contribution is 7.99. The Balaban J connectivity index is 2.04. The molecule has 2 aromatic carbocycles. The Labute approximate surface area is 168 Å². The number of rotatable bonds is 7. The number of nitrogens with one attached hydrogen (secondary N) is 1. The normalized spacial score (nSPS) is 11.0. The van der Waals surface area contributed by atoms with Crippen molar-refractivity contribution in [3.8, 4) is 5.75 Å². The molecule has 0 spiro atoms. The molecule has 0 aliphatic heterocycles. The standard InChI is InChI=1S/C21H25N3O3S/c1-5-6-11-28-19-13-17-16(23(2)21(26)24(17)3)12-15(19)22-20(25)14-9-7-8-10-18(14)27-4/h7-10,12-13H,5-6,11H2,1-4H3,(H,22,25). The van der Waals surface area contributed by atoms with Crippen molar-refractivity contribution < 1.29 is 9.53 Å². The summed E-state index contributed by atoms with van der Waals surface area (Å²) in [6, 6.07) is 11.0. The highest BCUT2D eigenvalue weighted by Crippen LogP contribution is 2.33. The average Bonchev–Trinajstić information content (AvgIpc) is 2.92. The minimum absolute atomic E-state index is 0.0901. The Morgan fingerprint density at radius 3 is 2.50 bits per heavy atom. The number of amides is 1. The predicted octanol–water partition coefficient (Wildman–Crippen LogP) is 4.03. The molecule has 1 heterocycles. The van der Waals surface area contributed by atoms with E-state index in [1.807, 2.05) is 18.2 Å². The minimum atomic E-state index is -0.241. The van der Waals surface area contributed by atoms with Crippen LogP contribution in [-0.4, -0.2) is 27.9 Å². The van der Waals surface area contributed by atoms with Crippen LogP contribution in [0.15, 0.2) is 46.1 Å². The molecule has 1 N–H and O–H groups in total. The topological polar surface area (TPSA) is 65.3 Å². The molecule has 0 atom stereocenters. The van der Waals surface area contributed by atoms with Crippen LogP contribution in [0.1, 0.15) is 30.1 Å².